The summed E-state index contributed by atoms with van der Waals surface area (Å²) >= 11 is 0. The third-order valence-electron chi connectivity index (χ3n) is 3.02. The molecule has 5 heteroatoms. The lowest BCUT2D eigenvalue weighted by Gasteiger charge is -2.25. The second kappa shape index (κ2) is 3.92. The first-order valence-corrected chi connectivity index (χ1v) is 5.11. The number of carbonyl (C=O) groups is 1. The lowest BCUT2D eigenvalue weighted by atomic mass is 9.79. The molecule has 0 aliphatic heterocycles. The zero-order chi connectivity index (χ0) is 11.7. The Balaban J connectivity index is 2.44. The van der Waals surface area contributed by atoms with Crippen molar-refractivity contribution in [3.63, 3.8) is 0 Å². The second-order valence-electron chi connectivity index (χ2n) is 3.96. The summed E-state index contributed by atoms with van der Waals surface area (Å²) in [7, 11) is 0. The van der Waals surface area contributed by atoms with Crippen molar-refractivity contribution < 1.29 is 14.8 Å². The number of benzene rings is 1. The smallest absolute Gasteiger partial charge is 0.335 e. The van der Waals surface area contributed by atoms with Crippen LogP contribution in [0.15, 0.2) is 18.2 Å². The van der Waals surface area contributed by atoms with Crippen molar-refractivity contribution in [2.24, 2.45) is 0 Å². The van der Waals surface area contributed by atoms with E-state index in [1.807, 2.05) is 0 Å². The number of carboxylic acid groups (broad SMARTS) is 1. The molecule has 1 N–H and O–H groups in total. The molecule has 0 heterocycles. The van der Waals surface area contributed by atoms with E-state index < -0.39 is 10.9 Å². The van der Waals surface area contributed by atoms with E-state index in [-0.39, 0.29) is 17.2 Å². The molecule has 1 aliphatic carbocycles. The number of hydrogen-bond acceptors (Lipinski definition) is 3. The summed E-state index contributed by atoms with van der Waals surface area (Å²) in [6.07, 6.45) is 2.99. The molecule has 1 aromatic carbocycles. The van der Waals surface area contributed by atoms with Gasteiger partial charge < -0.3 is 5.11 Å². The van der Waals surface area contributed by atoms with Gasteiger partial charge in [-0.3, -0.25) is 10.1 Å². The minimum Gasteiger partial charge on any atom is -0.478 e. The highest BCUT2D eigenvalue weighted by Gasteiger charge is 2.27. The lowest BCUT2D eigenvalue weighted by Crippen LogP contribution is -2.11. The van der Waals surface area contributed by atoms with Gasteiger partial charge in [0.2, 0.25) is 0 Å². The van der Waals surface area contributed by atoms with Crippen LogP contribution >= 0.6 is 0 Å². The third kappa shape index (κ3) is 1.76. The van der Waals surface area contributed by atoms with Gasteiger partial charge in [-0.2, -0.15) is 0 Å². The molecule has 1 aliphatic rings. The van der Waals surface area contributed by atoms with E-state index in [9.17, 15) is 14.9 Å². The summed E-state index contributed by atoms with van der Waals surface area (Å²) < 4.78 is 0. The number of aromatic carboxylic acids is 1. The third-order valence-corrected chi connectivity index (χ3v) is 3.02. The zero-order valence-corrected chi connectivity index (χ0v) is 8.55. The Kier molecular flexibility index (Phi) is 2.60. The van der Waals surface area contributed by atoms with Gasteiger partial charge in [0.25, 0.3) is 5.69 Å². The van der Waals surface area contributed by atoms with Gasteiger partial charge in [0, 0.05) is 11.6 Å². The van der Waals surface area contributed by atoms with Crippen LogP contribution in [0, 0.1) is 10.1 Å². The monoisotopic (exact) mass is 221 g/mol. The zero-order valence-electron chi connectivity index (χ0n) is 8.55. The van der Waals surface area contributed by atoms with Crippen LogP contribution in [0.25, 0.3) is 0 Å². The van der Waals surface area contributed by atoms with E-state index in [0.29, 0.717) is 5.56 Å². The molecule has 1 saturated carbocycles. The first kappa shape index (κ1) is 10.6. The fourth-order valence-electron chi connectivity index (χ4n) is 1.90. The van der Waals surface area contributed by atoms with Crippen LogP contribution in [-0.4, -0.2) is 16.0 Å². The molecule has 84 valence electrons. The van der Waals surface area contributed by atoms with Crippen LogP contribution in [-0.2, 0) is 0 Å². The SMILES string of the molecule is O=C(O)c1ccc(C2CCC2)c([N+](=O)[O-])c1. The first-order valence-electron chi connectivity index (χ1n) is 5.11. The molecule has 0 amide bonds. The average Bonchev–Trinajstić information content (AvgIpc) is 2.14. The fraction of sp³-hybridized carbons (Fsp3) is 0.364. The number of nitro groups is 1. The van der Waals surface area contributed by atoms with Gasteiger partial charge in [-0.1, -0.05) is 12.5 Å². The fourth-order valence-corrected chi connectivity index (χ4v) is 1.90. The molecule has 0 atom stereocenters. The van der Waals surface area contributed by atoms with Crippen LogP contribution in [0.5, 0.6) is 0 Å². The summed E-state index contributed by atoms with van der Waals surface area (Å²) in [6.45, 7) is 0. The van der Waals surface area contributed by atoms with Gasteiger partial charge in [0.1, 0.15) is 0 Å². The maximum atomic E-state index is 10.9. The van der Waals surface area contributed by atoms with Crippen molar-refractivity contribution in [2.45, 2.75) is 25.2 Å². The predicted molar refractivity (Wildman–Crippen MR) is 56.6 cm³/mol. The maximum absolute atomic E-state index is 10.9. The average molecular weight is 221 g/mol. The predicted octanol–water partition coefficient (Wildman–Crippen LogP) is 2.56. The molecular weight excluding hydrogens is 210 g/mol. The Labute approximate surface area is 91.9 Å². The van der Waals surface area contributed by atoms with E-state index in [4.69, 9.17) is 5.11 Å². The Morgan fingerprint density at radius 1 is 1.44 bits per heavy atom. The highest BCUT2D eigenvalue weighted by molar-refractivity contribution is 5.88. The van der Waals surface area contributed by atoms with Gasteiger partial charge in [0.15, 0.2) is 0 Å². The van der Waals surface area contributed by atoms with Crippen molar-refractivity contribution in [3.8, 4) is 0 Å². The number of nitro benzene ring substituents is 1. The van der Waals surface area contributed by atoms with Gasteiger partial charge in [-0.15, -0.1) is 0 Å². The minimum absolute atomic E-state index is 0.0326. The summed E-state index contributed by atoms with van der Waals surface area (Å²) in [4.78, 5) is 21.1. The molecule has 1 fully saturated rings. The normalized spacial score (nSPS) is 15.5. The van der Waals surface area contributed by atoms with E-state index in [1.165, 1.54) is 6.07 Å². The van der Waals surface area contributed by atoms with Crippen molar-refractivity contribution in [3.05, 3.63) is 39.4 Å². The van der Waals surface area contributed by atoms with Crippen molar-refractivity contribution in [1.29, 1.82) is 0 Å². The molecule has 16 heavy (non-hydrogen) atoms. The van der Waals surface area contributed by atoms with Crippen LogP contribution in [0.4, 0.5) is 5.69 Å². The Hall–Kier alpha value is -1.91. The van der Waals surface area contributed by atoms with Gasteiger partial charge >= 0.3 is 5.97 Å². The Morgan fingerprint density at radius 3 is 2.56 bits per heavy atom. The summed E-state index contributed by atoms with van der Waals surface area (Å²) in [5.41, 5.74) is 0.570. The highest BCUT2D eigenvalue weighted by atomic mass is 16.6. The summed E-state index contributed by atoms with van der Waals surface area (Å²) in [5.74, 6) is -0.911. The Morgan fingerprint density at radius 2 is 2.12 bits per heavy atom. The topological polar surface area (TPSA) is 80.4 Å². The maximum Gasteiger partial charge on any atom is 0.335 e. The van der Waals surface area contributed by atoms with Crippen LogP contribution in [0.1, 0.15) is 41.1 Å². The number of nitrogens with zero attached hydrogens (tertiary/aromatic N) is 1. The molecule has 2 rings (SSSR count). The Bertz CT molecular complexity index is 451. The van der Waals surface area contributed by atoms with E-state index in [0.717, 1.165) is 25.3 Å². The van der Waals surface area contributed by atoms with Gasteiger partial charge in [-0.25, -0.2) is 4.79 Å². The number of carboxylic acids is 1. The minimum atomic E-state index is -1.14. The highest BCUT2D eigenvalue weighted by Crippen LogP contribution is 2.40. The van der Waals surface area contributed by atoms with Crippen LogP contribution in [0.3, 0.4) is 0 Å². The van der Waals surface area contributed by atoms with Crippen molar-refractivity contribution >= 4 is 11.7 Å². The molecule has 0 bridgehead atoms. The summed E-state index contributed by atoms with van der Waals surface area (Å²) in [6, 6.07) is 4.16. The van der Waals surface area contributed by atoms with Gasteiger partial charge in [0.05, 0.1) is 10.5 Å². The second-order valence-corrected chi connectivity index (χ2v) is 3.96. The molecule has 0 unspecified atom stereocenters. The van der Waals surface area contributed by atoms with E-state index >= 15 is 0 Å². The number of rotatable bonds is 3. The molecule has 0 radical (unpaired) electrons. The van der Waals surface area contributed by atoms with Crippen LogP contribution in [0.2, 0.25) is 0 Å². The molecule has 1 aromatic rings. The summed E-state index contributed by atoms with van der Waals surface area (Å²) in [5, 5.41) is 19.6. The largest absolute Gasteiger partial charge is 0.478 e. The molecule has 5 nitrogen and oxygen atoms in total. The van der Waals surface area contributed by atoms with E-state index in [1.54, 1.807) is 6.07 Å². The molecule has 0 saturated heterocycles. The lowest BCUT2D eigenvalue weighted by molar-refractivity contribution is -0.385. The first-order chi connectivity index (χ1) is 7.59. The quantitative estimate of drug-likeness (QED) is 0.628. The van der Waals surface area contributed by atoms with Crippen LogP contribution < -0.4 is 0 Å². The van der Waals surface area contributed by atoms with Crippen molar-refractivity contribution in [1.82, 2.24) is 0 Å². The molecule has 0 aromatic heterocycles. The van der Waals surface area contributed by atoms with Crippen molar-refractivity contribution in [2.75, 3.05) is 0 Å². The molecular formula is C11H11NO4. The number of hydrogen-bond donors (Lipinski definition) is 1. The molecule has 0 spiro atoms. The van der Waals surface area contributed by atoms with E-state index in [2.05, 4.69) is 0 Å². The van der Waals surface area contributed by atoms with Gasteiger partial charge in [-0.05, 0) is 24.8 Å². The standard InChI is InChI=1S/C11H11NO4/c13-11(14)8-4-5-9(7-2-1-3-7)10(6-8)12(15)16/h4-7H,1-3H2,(H,13,14).